The summed E-state index contributed by atoms with van der Waals surface area (Å²) in [5.41, 5.74) is 0. The molecule has 116 valence electrons. The SMILES string of the molecule is CCCCCCCCCCOS(=O)(=O)c1ccccc1.[H-].[Na+]. The van der Waals surface area contributed by atoms with Gasteiger partial charge in [0, 0.05) is 0 Å². The Morgan fingerprint density at radius 1 is 0.905 bits per heavy atom. The molecule has 0 saturated heterocycles. The van der Waals surface area contributed by atoms with Crippen LogP contribution in [-0.4, -0.2) is 15.0 Å². The average molecular weight is 322 g/mol. The molecule has 1 aromatic carbocycles. The zero-order valence-corrected chi connectivity index (χ0v) is 16.2. The van der Waals surface area contributed by atoms with E-state index in [1.54, 1.807) is 30.3 Å². The van der Waals surface area contributed by atoms with Crippen molar-refractivity contribution in [3.63, 3.8) is 0 Å². The van der Waals surface area contributed by atoms with Gasteiger partial charge in [-0.05, 0) is 18.6 Å². The third kappa shape index (κ3) is 9.69. The Balaban J connectivity index is 0. The van der Waals surface area contributed by atoms with E-state index >= 15 is 0 Å². The van der Waals surface area contributed by atoms with E-state index in [1.165, 1.54) is 38.5 Å². The fourth-order valence-electron chi connectivity index (χ4n) is 2.06. The molecule has 5 heteroatoms. The summed E-state index contributed by atoms with van der Waals surface area (Å²) in [4.78, 5) is 0.236. The van der Waals surface area contributed by atoms with Gasteiger partial charge in [-0.3, -0.25) is 4.18 Å². The van der Waals surface area contributed by atoms with Gasteiger partial charge >= 0.3 is 29.6 Å². The van der Waals surface area contributed by atoms with Crippen molar-refractivity contribution in [3.8, 4) is 0 Å². The number of hydrogen-bond donors (Lipinski definition) is 0. The minimum Gasteiger partial charge on any atom is -1.00 e. The Morgan fingerprint density at radius 2 is 1.43 bits per heavy atom. The molecule has 21 heavy (non-hydrogen) atoms. The molecular formula is C16H27NaO3S. The molecule has 0 fully saturated rings. The van der Waals surface area contributed by atoms with E-state index in [9.17, 15) is 8.42 Å². The second kappa shape index (κ2) is 12.7. The summed E-state index contributed by atoms with van der Waals surface area (Å²) in [7, 11) is -3.57. The second-order valence-corrected chi connectivity index (χ2v) is 6.68. The molecule has 0 spiro atoms. The first kappa shape index (κ1) is 21.1. The molecule has 0 bridgehead atoms. The van der Waals surface area contributed by atoms with Gasteiger partial charge in [0.15, 0.2) is 0 Å². The van der Waals surface area contributed by atoms with E-state index in [1.807, 2.05) is 0 Å². The maximum Gasteiger partial charge on any atom is 1.00 e. The van der Waals surface area contributed by atoms with Crippen molar-refractivity contribution in [2.75, 3.05) is 6.61 Å². The summed E-state index contributed by atoms with van der Waals surface area (Å²) >= 11 is 0. The summed E-state index contributed by atoms with van der Waals surface area (Å²) in [5.74, 6) is 0. The van der Waals surface area contributed by atoms with Crippen LogP contribution in [0.1, 0.15) is 59.7 Å². The molecule has 0 aliphatic rings. The first-order valence-corrected chi connectivity index (χ1v) is 9.02. The van der Waals surface area contributed by atoms with Crippen molar-refractivity contribution in [2.45, 2.75) is 63.2 Å². The van der Waals surface area contributed by atoms with Crippen LogP contribution in [0.15, 0.2) is 35.2 Å². The number of hydrogen-bond acceptors (Lipinski definition) is 3. The zero-order valence-electron chi connectivity index (χ0n) is 14.4. The van der Waals surface area contributed by atoms with Gasteiger partial charge in [0.05, 0.1) is 11.5 Å². The van der Waals surface area contributed by atoms with Gasteiger partial charge in [-0.15, -0.1) is 0 Å². The van der Waals surface area contributed by atoms with Crippen LogP contribution in [0.2, 0.25) is 0 Å². The fourth-order valence-corrected chi connectivity index (χ4v) is 3.02. The van der Waals surface area contributed by atoms with E-state index in [2.05, 4.69) is 6.92 Å². The molecule has 3 nitrogen and oxygen atoms in total. The molecule has 0 aliphatic heterocycles. The van der Waals surface area contributed by atoms with Gasteiger partial charge < -0.3 is 1.43 Å². The zero-order chi connectivity index (χ0) is 14.7. The Hall–Kier alpha value is 0.130. The van der Waals surface area contributed by atoms with Crippen LogP contribution in [0.25, 0.3) is 0 Å². The summed E-state index contributed by atoms with van der Waals surface area (Å²) in [5, 5.41) is 0. The Labute approximate surface area is 153 Å². The average Bonchev–Trinajstić information content (AvgIpc) is 2.46. The summed E-state index contributed by atoms with van der Waals surface area (Å²) in [6.45, 7) is 2.50. The quantitative estimate of drug-likeness (QED) is 0.353. The molecule has 0 N–H and O–H groups in total. The fraction of sp³-hybridized carbons (Fsp3) is 0.625. The first-order chi connectivity index (χ1) is 9.67. The number of benzene rings is 1. The van der Waals surface area contributed by atoms with Crippen LogP contribution in [0.3, 0.4) is 0 Å². The topological polar surface area (TPSA) is 43.4 Å². The smallest absolute Gasteiger partial charge is 1.00 e. The predicted octanol–water partition coefficient (Wildman–Crippen LogP) is 1.65. The van der Waals surface area contributed by atoms with Crippen LogP contribution in [0.5, 0.6) is 0 Å². The molecule has 0 saturated carbocycles. The molecule has 0 unspecified atom stereocenters. The minimum absolute atomic E-state index is 0. The third-order valence-corrected chi connectivity index (χ3v) is 4.59. The monoisotopic (exact) mass is 322 g/mol. The first-order valence-electron chi connectivity index (χ1n) is 7.61. The number of unbranched alkanes of at least 4 members (excludes halogenated alkanes) is 7. The molecule has 0 atom stereocenters. The minimum atomic E-state index is -3.57. The van der Waals surface area contributed by atoms with E-state index in [0.29, 0.717) is 0 Å². The molecule has 1 aromatic rings. The maximum atomic E-state index is 11.8. The van der Waals surface area contributed by atoms with Crippen molar-refractivity contribution >= 4 is 10.1 Å². The predicted molar refractivity (Wildman–Crippen MR) is 83.3 cm³/mol. The maximum absolute atomic E-state index is 11.8. The van der Waals surface area contributed by atoms with Crippen molar-refractivity contribution in [1.82, 2.24) is 0 Å². The third-order valence-electron chi connectivity index (χ3n) is 3.27. The van der Waals surface area contributed by atoms with E-state index in [0.717, 1.165) is 12.8 Å². The van der Waals surface area contributed by atoms with Gasteiger partial charge in [-0.1, -0.05) is 70.1 Å². The molecule has 0 aliphatic carbocycles. The van der Waals surface area contributed by atoms with E-state index < -0.39 is 10.1 Å². The van der Waals surface area contributed by atoms with Crippen LogP contribution >= 0.6 is 0 Å². The Kier molecular flexibility index (Phi) is 12.7. The number of rotatable bonds is 11. The van der Waals surface area contributed by atoms with E-state index in [4.69, 9.17) is 4.18 Å². The van der Waals surface area contributed by atoms with Crippen LogP contribution < -0.4 is 29.6 Å². The van der Waals surface area contributed by atoms with Crippen molar-refractivity contribution in [1.29, 1.82) is 0 Å². The largest absolute Gasteiger partial charge is 1.00 e. The van der Waals surface area contributed by atoms with E-state index in [-0.39, 0.29) is 42.5 Å². The van der Waals surface area contributed by atoms with Gasteiger partial charge in [-0.25, -0.2) is 0 Å². The Morgan fingerprint density at radius 3 is 2.00 bits per heavy atom. The molecule has 0 aromatic heterocycles. The summed E-state index contributed by atoms with van der Waals surface area (Å²) < 4.78 is 28.7. The van der Waals surface area contributed by atoms with Crippen LogP contribution in [0.4, 0.5) is 0 Å². The summed E-state index contributed by atoms with van der Waals surface area (Å²) in [6, 6.07) is 8.31. The van der Waals surface area contributed by atoms with Gasteiger partial charge in [0.2, 0.25) is 0 Å². The molecule has 1 rings (SSSR count). The standard InChI is InChI=1S/C16H26O3S.Na.H/c1-2-3-4-5-6-7-8-12-15-19-20(17,18)16-13-10-9-11-14-16;;/h9-11,13-14H,2-8,12,15H2,1H3;;/q;+1;-1. The van der Waals surface area contributed by atoms with Crippen molar-refractivity contribution < 1.29 is 43.6 Å². The van der Waals surface area contributed by atoms with Crippen LogP contribution in [-0.2, 0) is 14.3 Å². The molecular weight excluding hydrogens is 295 g/mol. The van der Waals surface area contributed by atoms with Crippen molar-refractivity contribution in [2.24, 2.45) is 0 Å². The van der Waals surface area contributed by atoms with Gasteiger partial charge in [0.1, 0.15) is 0 Å². The normalized spacial score (nSPS) is 11.1. The Bertz CT molecular complexity index is 452. The van der Waals surface area contributed by atoms with Crippen LogP contribution in [0, 0.1) is 0 Å². The van der Waals surface area contributed by atoms with Gasteiger partial charge in [-0.2, -0.15) is 8.42 Å². The van der Waals surface area contributed by atoms with Gasteiger partial charge in [0.25, 0.3) is 10.1 Å². The molecule has 0 amide bonds. The van der Waals surface area contributed by atoms with Crippen molar-refractivity contribution in [3.05, 3.63) is 30.3 Å². The summed E-state index contributed by atoms with van der Waals surface area (Å²) in [6.07, 6.45) is 9.44. The molecule has 0 radical (unpaired) electrons. The second-order valence-electron chi connectivity index (χ2n) is 5.06. The molecule has 0 heterocycles.